The summed E-state index contributed by atoms with van der Waals surface area (Å²) in [6.07, 6.45) is -3.94. The molecule has 27 heavy (non-hydrogen) atoms. The lowest BCUT2D eigenvalue weighted by atomic mass is 10.2. The fourth-order valence-corrected chi connectivity index (χ4v) is 4.59. The molecule has 1 aromatic rings. The summed E-state index contributed by atoms with van der Waals surface area (Å²) in [6, 6.07) is 3.76. The van der Waals surface area contributed by atoms with Gasteiger partial charge in [0.2, 0.25) is 15.9 Å². The van der Waals surface area contributed by atoms with Crippen LogP contribution in [0.4, 0.5) is 13.2 Å². The third-order valence-corrected chi connectivity index (χ3v) is 6.52. The Morgan fingerprint density at radius 2 is 1.78 bits per heavy atom. The van der Waals surface area contributed by atoms with E-state index in [1.54, 1.807) is 6.92 Å². The number of nitrogens with one attached hydrogen (secondary N) is 1. The van der Waals surface area contributed by atoms with Crippen LogP contribution in [-0.4, -0.2) is 62.3 Å². The maximum absolute atomic E-state index is 13.2. The van der Waals surface area contributed by atoms with Gasteiger partial charge in [0.25, 0.3) is 0 Å². The van der Waals surface area contributed by atoms with Crippen molar-refractivity contribution in [3.8, 4) is 0 Å². The molecule has 1 N–H and O–H groups in total. The standard InChI is InChI=1S/C17H24F3N3O3S/c1-3-8-21-16(24)13(2)22-9-11-23(12-10-22)27(25,26)15-7-5-4-6-14(15)17(18,19)20/h4-7,13H,3,8-12H2,1-2H3,(H,21,24)/t13-/m1/s1. The number of hydrogen-bond donors (Lipinski definition) is 1. The molecule has 1 saturated heterocycles. The molecule has 0 radical (unpaired) electrons. The van der Waals surface area contributed by atoms with Gasteiger partial charge >= 0.3 is 6.18 Å². The quantitative estimate of drug-likeness (QED) is 0.782. The van der Waals surface area contributed by atoms with Crippen molar-refractivity contribution in [3.05, 3.63) is 29.8 Å². The third kappa shape index (κ3) is 4.99. The minimum atomic E-state index is -4.75. The zero-order chi connectivity index (χ0) is 20.2. The molecule has 0 unspecified atom stereocenters. The number of piperazine rings is 1. The van der Waals surface area contributed by atoms with Gasteiger partial charge in [0.05, 0.1) is 16.5 Å². The molecule has 152 valence electrons. The Balaban J connectivity index is 2.11. The second-order valence-corrected chi connectivity index (χ2v) is 8.31. The van der Waals surface area contributed by atoms with E-state index in [1.165, 1.54) is 6.07 Å². The van der Waals surface area contributed by atoms with E-state index in [4.69, 9.17) is 0 Å². The molecule has 1 aliphatic rings. The number of hydrogen-bond acceptors (Lipinski definition) is 4. The van der Waals surface area contributed by atoms with Crippen LogP contribution in [0.2, 0.25) is 0 Å². The van der Waals surface area contributed by atoms with E-state index in [0.717, 1.165) is 28.9 Å². The molecule has 10 heteroatoms. The average Bonchev–Trinajstić information content (AvgIpc) is 2.65. The van der Waals surface area contributed by atoms with Crippen LogP contribution < -0.4 is 5.32 Å². The van der Waals surface area contributed by atoms with Crippen LogP contribution in [0, 0.1) is 0 Å². The smallest absolute Gasteiger partial charge is 0.355 e. The summed E-state index contributed by atoms with van der Waals surface area (Å²) >= 11 is 0. The molecule has 0 aliphatic carbocycles. The van der Waals surface area contributed by atoms with Gasteiger partial charge in [-0.3, -0.25) is 9.69 Å². The van der Waals surface area contributed by atoms with E-state index in [9.17, 15) is 26.4 Å². The number of benzene rings is 1. The van der Waals surface area contributed by atoms with Gasteiger partial charge in [-0.2, -0.15) is 17.5 Å². The molecule has 1 amide bonds. The van der Waals surface area contributed by atoms with Gasteiger partial charge in [-0.25, -0.2) is 8.42 Å². The minimum Gasteiger partial charge on any atom is -0.355 e. The van der Waals surface area contributed by atoms with Gasteiger partial charge in [-0.1, -0.05) is 19.1 Å². The van der Waals surface area contributed by atoms with Gasteiger partial charge in [0, 0.05) is 32.7 Å². The summed E-state index contributed by atoms with van der Waals surface area (Å²) in [6.45, 7) is 4.83. The lowest BCUT2D eigenvalue weighted by Gasteiger charge is -2.37. The normalized spacial score (nSPS) is 18.3. The maximum atomic E-state index is 13.2. The molecular formula is C17H24F3N3O3S. The Morgan fingerprint density at radius 3 is 2.33 bits per heavy atom. The Morgan fingerprint density at radius 1 is 1.19 bits per heavy atom. The van der Waals surface area contributed by atoms with E-state index >= 15 is 0 Å². The van der Waals surface area contributed by atoms with Crippen molar-refractivity contribution in [3.63, 3.8) is 0 Å². The molecule has 0 spiro atoms. The van der Waals surface area contributed by atoms with E-state index in [2.05, 4.69) is 5.32 Å². The van der Waals surface area contributed by atoms with Crippen LogP contribution >= 0.6 is 0 Å². The van der Waals surface area contributed by atoms with Crippen molar-refractivity contribution >= 4 is 15.9 Å². The number of nitrogens with zero attached hydrogens (tertiary/aromatic N) is 2. The highest BCUT2D eigenvalue weighted by atomic mass is 32.2. The summed E-state index contributed by atoms with van der Waals surface area (Å²) in [5.74, 6) is -0.143. The van der Waals surface area contributed by atoms with Crippen LogP contribution in [0.3, 0.4) is 0 Å². The lowest BCUT2D eigenvalue weighted by molar-refractivity contribution is -0.140. The van der Waals surface area contributed by atoms with Crippen molar-refractivity contribution in [1.82, 2.24) is 14.5 Å². The van der Waals surface area contributed by atoms with Gasteiger partial charge in [0.15, 0.2) is 0 Å². The Bertz CT molecular complexity index is 760. The third-order valence-electron chi connectivity index (χ3n) is 4.56. The second-order valence-electron chi connectivity index (χ2n) is 6.40. The monoisotopic (exact) mass is 407 g/mol. The van der Waals surface area contributed by atoms with Gasteiger partial charge in [-0.05, 0) is 25.5 Å². The predicted octanol–water partition coefficient (Wildman–Crippen LogP) is 1.93. The Labute approximate surface area is 157 Å². The van der Waals surface area contributed by atoms with Gasteiger partial charge < -0.3 is 5.32 Å². The van der Waals surface area contributed by atoms with Crippen LogP contribution in [0.15, 0.2) is 29.2 Å². The summed E-state index contributed by atoms with van der Waals surface area (Å²) in [5, 5.41) is 2.78. The van der Waals surface area contributed by atoms with E-state index in [1.807, 2.05) is 11.8 Å². The van der Waals surface area contributed by atoms with Crippen molar-refractivity contribution < 1.29 is 26.4 Å². The van der Waals surface area contributed by atoms with Crippen molar-refractivity contribution in [2.75, 3.05) is 32.7 Å². The number of alkyl halides is 3. The largest absolute Gasteiger partial charge is 0.417 e. The molecule has 2 rings (SSSR count). The number of rotatable bonds is 6. The first-order valence-corrected chi connectivity index (χ1v) is 10.2. The van der Waals surface area contributed by atoms with E-state index < -0.39 is 32.7 Å². The fourth-order valence-electron chi connectivity index (χ4n) is 2.96. The molecule has 1 heterocycles. The summed E-state index contributed by atoms with van der Waals surface area (Å²) in [4.78, 5) is 13.1. The fraction of sp³-hybridized carbons (Fsp3) is 0.588. The number of halogens is 3. The highest BCUT2D eigenvalue weighted by Gasteiger charge is 2.40. The minimum absolute atomic E-state index is 0.0277. The molecule has 0 bridgehead atoms. The van der Waals surface area contributed by atoms with Crippen molar-refractivity contribution in [1.29, 1.82) is 0 Å². The summed E-state index contributed by atoms with van der Waals surface area (Å²) in [5.41, 5.74) is -1.17. The Kier molecular flexibility index (Phi) is 6.87. The summed E-state index contributed by atoms with van der Waals surface area (Å²) < 4.78 is 66.0. The summed E-state index contributed by atoms with van der Waals surface area (Å²) in [7, 11) is -4.27. The zero-order valence-corrected chi connectivity index (χ0v) is 16.1. The van der Waals surface area contributed by atoms with Crippen molar-refractivity contribution in [2.45, 2.75) is 37.4 Å². The number of carbonyl (C=O) groups excluding carboxylic acids is 1. The van der Waals surface area contributed by atoms with Crippen molar-refractivity contribution in [2.24, 2.45) is 0 Å². The molecule has 1 aliphatic heterocycles. The SMILES string of the molecule is CCCNC(=O)[C@@H](C)N1CCN(S(=O)(=O)c2ccccc2C(F)(F)F)CC1. The lowest BCUT2D eigenvalue weighted by Crippen LogP contribution is -2.55. The van der Waals surface area contributed by atoms with E-state index in [-0.39, 0.29) is 32.1 Å². The molecule has 1 atom stereocenters. The van der Waals surface area contributed by atoms with Crippen LogP contribution in [0.1, 0.15) is 25.8 Å². The van der Waals surface area contributed by atoms with Gasteiger partial charge in [-0.15, -0.1) is 0 Å². The molecule has 0 aromatic heterocycles. The molecule has 0 saturated carbocycles. The van der Waals surface area contributed by atoms with E-state index in [0.29, 0.717) is 6.54 Å². The first-order chi connectivity index (χ1) is 12.6. The zero-order valence-electron chi connectivity index (χ0n) is 15.3. The predicted molar refractivity (Wildman–Crippen MR) is 94.5 cm³/mol. The first-order valence-electron chi connectivity index (χ1n) is 8.77. The second kappa shape index (κ2) is 8.57. The number of amides is 1. The molecule has 1 fully saturated rings. The molecule has 1 aromatic carbocycles. The number of sulfonamides is 1. The van der Waals surface area contributed by atoms with Crippen LogP contribution in [0.25, 0.3) is 0 Å². The molecular weight excluding hydrogens is 383 g/mol. The highest BCUT2D eigenvalue weighted by Crippen LogP contribution is 2.35. The average molecular weight is 407 g/mol. The highest BCUT2D eigenvalue weighted by molar-refractivity contribution is 7.89. The number of carbonyl (C=O) groups is 1. The Hall–Kier alpha value is -1.65. The first kappa shape index (κ1) is 21.6. The van der Waals surface area contributed by atoms with Crippen LogP contribution in [0.5, 0.6) is 0 Å². The molecule has 6 nitrogen and oxygen atoms in total. The topological polar surface area (TPSA) is 69.7 Å². The van der Waals surface area contributed by atoms with Gasteiger partial charge in [0.1, 0.15) is 0 Å². The van der Waals surface area contributed by atoms with Crippen LogP contribution in [-0.2, 0) is 21.0 Å². The maximum Gasteiger partial charge on any atom is 0.417 e.